The summed E-state index contributed by atoms with van der Waals surface area (Å²) in [5.41, 5.74) is 8.64. The van der Waals surface area contributed by atoms with Crippen LogP contribution in [0.25, 0.3) is 0 Å². The van der Waals surface area contributed by atoms with Crippen LogP contribution in [-0.2, 0) is 0 Å². The minimum atomic E-state index is 0.483. The highest BCUT2D eigenvalue weighted by molar-refractivity contribution is 6.42. The number of benzene rings is 2. The Kier molecular flexibility index (Phi) is 7.54. The minimum Gasteiger partial charge on any atom is -0.495 e. The number of nitrogens with zero attached hydrogens (tertiary/aromatic N) is 2. The molecule has 1 saturated heterocycles. The summed E-state index contributed by atoms with van der Waals surface area (Å²) in [5, 5.41) is 4.35. The van der Waals surface area contributed by atoms with Gasteiger partial charge < -0.3 is 20.7 Å². The Morgan fingerprint density at radius 2 is 1.75 bits per heavy atom. The molecule has 1 fully saturated rings. The molecule has 0 spiro atoms. The van der Waals surface area contributed by atoms with Gasteiger partial charge in [-0.25, -0.2) is 0 Å². The van der Waals surface area contributed by atoms with E-state index in [1.54, 1.807) is 19.2 Å². The standard InChI is InChI=1S/C21H28Cl2N4O/c1-28-21-7-3-2-6-20(21)27-12-10-26(11-13-27)9-5-4-8-25-19-15-17(23)16(22)14-18(19)24/h2-3,6-7,14-15,25H,4-5,8-13,24H2,1H3. The van der Waals surface area contributed by atoms with E-state index >= 15 is 0 Å². The van der Waals surface area contributed by atoms with Gasteiger partial charge in [-0.2, -0.15) is 0 Å². The Balaban J connectivity index is 1.36. The maximum Gasteiger partial charge on any atom is 0.142 e. The molecular weight excluding hydrogens is 395 g/mol. The van der Waals surface area contributed by atoms with E-state index < -0.39 is 0 Å². The molecule has 1 aliphatic heterocycles. The molecule has 0 amide bonds. The number of anilines is 3. The number of methoxy groups -OCH3 is 1. The minimum absolute atomic E-state index is 0.483. The Morgan fingerprint density at radius 3 is 2.50 bits per heavy atom. The number of rotatable bonds is 8. The second kappa shape index (κ2) is 10.1. The van der Waals surface area contributed by atoms with Gasteiger partial charge in [0.15, 0.2) is 0 Å². The van der Waals surface area contributed by atoms with Crippen molar-refractivity contribution in [2.75, 3.05) is 62.3 Å². The predicted molar refractivity (Wildman–Crippen MR) is 120 cm³/mol. The zero-order valence-electron chi connectivity index (χ0n) is 16.3. The molecule has 2 aromatic rings. The van der Waals surface area contributed by atoms with Gasteiger partial charge in [0.1, 0.15) is 5.75 Å². The highest BCUT2D eigenvalue weighted by atomic mass is 35.5. The first-order chi connectivity index (χ1) is 13.6. The lowest BCUT2D eigenvalue weighted by Crippen LogP contribution is -2.46. The molecule has 3 rings (SSSR count). The van der Waals surface area contributed by atoms with Crippen LogP contribution in [-0.4, -0.2) is 51.3 Å². The van der Waals surface area contributed by atoms with E-state index in [1.165, 1.54) is 5.69 Å². The van der Waals surface area contributed by atoms with Gasteiger partial charge in [-0.15, -0.1) is 0 Å². The SMILES string of the molecule is COc1ccccc1N1CCN(CCCCNc2cc(Cl)c(Cl)cc2N)CC1. The summed E-state index contributed by atoms with van der Waals surface area (Å²) in [5.74, 6) is 0.948. The summed E-state index contributed by atoms with van der Waals surface area (Å²) < 4.78 is 5.49. The maximum atomic E-state index is 6.06. The largest absolute Gasteiger partial charge is 0.495 e. The van der Waals surface area contributed by atoms with Gasteiger partial charge in [0, 0.05) is 32.7 Å². The molecule has 1 heterocycles. The molecule has 0 saturated carbocycles. The third-order valence-corrected chi connectivity index (χ3v) is 5.83. The fourth-order valence-electron chi connectivity index (χ4n) is 3.50. The van der Waals surface area contributed by atoms with Crippen LogP contribution in [0.5, 0.6) is 5.75 Å². The number of hydrogen-bond acceptors (Lipinski definition) is 5. The molecule has 3 N–H and O–H groups in total. The first-order valence-electron chi connectivity index (χ1n) is 9.67. The molecule has 2 aromatic carbocycles. The molecule has 0 radical (unpaired) electrons. The number of unbranched alkanes of at least 4 members (excludes halogenated alkanes) is 1. The van der Waals surface area contributed by atoms with E-state index in [0.29, 0.717) is 15.7 Å². The van der Waals surface area contributed by atoms with Crippen LogP contribution in [0.4, 0.5) is 17.1 Å². The average Bonchev–Trinajstić information content (AvgIpc) is 2.72. The van der Waals surface area contributed by atoms with Crippen molar-refractivity contribution in [1.82, 2.24) is 4.90 Å². The molecule has 1 aliphatic rings. The molecular formula is C21H28Cl2N4O. The first kappa shape index (κ1) is 20.9. The molecule has 0 aliphatic carbocycles. The van der Waals surface area contributed by atoms with Crippen molar-refractivity contribution in [1.29, 1.82) is 0 Å². The summed E-state index contributed by atoms with van der Waals surface area (Å²) in [4.78, 5) is 4.93. The van der Waals surface area contributed by atoms with Gasteiger partial charge in [0.05, 0.1) is 34.2 Å². The van der Waals surface area contributed by atoms with Crippen LogP contribution in [0.3, 0.4) is 0 Å². The third-order valence-electron chi connectivity index (χ3n) is 5.11. The molecule has 0 bridgehead atoms. The molecule has 152 valence electrons. The van der Waals surface area contributed by atoms with E-state index in [4.69, 9.17) is 33.7 Å². The first-order valence-corrected chi connectivity index (χ1v) is 10.4. The van der Waals surface area contributed by atoms with Crippen molar-refractivity contribution in [3.8, 4) is 5.75 Å². The molecule has 0 atom stereocenters. The predicted octanol–water partition coefficient (Wildman–Crippen LogP) is 4.60. The van der Waals surface area contributed by atoms with Gasteiger partial charge in [-0.05, 0) is 43.7 Å². The highest BCUT2D eigenvalue weighted by Crippen LogP contribution is 2.31. The Hall–Kier alpha value is -1.82. The van der Waals surface area contributed by atoms with Crippen molar-refractivity contribution in [3.63, 3.8) is 0 Å². The number of hydrogen-bond donors (Lipinski definition) is 2. The van der Waals surface area contributed by atoms with Crippen LogP contribution in [0.15, 0.2) is 36.4 Å². The summed E-state index contributed by atoms with van der Waals surface area (Å²) >= 11 is 12.0. The lowest BCUT2D eigenvalue weighted by molar-refractivity contribution is 0.253. The molecule has 5 nitrogen and oxygen atoms in total. The van der Waals surface area contributed by atoms with Crippen molar-refractivity contribution < 1.29 is 4.74 Å². The van der Waals surface area contributed by atoms with Crippen molar-refractivity contribution in [2.24, 2.45) is 0 Å². The normalized spacial score (nSPS) is 14.9. The van der Waals surface area contributed by atoms with E-state index in [1.807, 2.05) is 12.1 Å². The van der Waals surface area contributed by atoms with E-state index in [-0.39, 0.29) is 0 Å². The summed E-state index contributed by atoms with van der Waals surface area (Å²) in [6, 6.07) is 11.7. The zero-order chi connectivity index (χ0) is 19.9. The van der Waals surface area contributed by atoms with E-state index in [9.17, 15) is 0 Å². The lowest BCUT2D eigenvalue weighted by Gasteiger charge is -2.36. The fraction of sp³-hybridized carbons (Fsp3) is 0.429. The van der Waals surface area contributed by atoms with Gasteiger partial charge in [-0.1, -0.05) is 35.3 Å². The summed E-state index contributed by atoms with van der Waals surface area (Å²) in [6.45, 7) is 6.18. The topological polar surface area (TPSA) is 53.8 Å². The molecule has 0 unspecified atom stereocenters. The number of halogens is 2. The van der Waals surface area contributed by atoms with Crippen molar-refractivity contribution in [3.05, 3.63) is 46.4 Å². The van der Waals surface area contributed by atoms with Crippen LogP contribution < -0.4 is 20.7 Å². The van der Waals surface area contributed by atoms with Crippen LogP contribution in [0.2, 0.25) is 10.0 Å². The summed E-state index contributed by atoms with van der Waals surface area (Å²) in [7, 11) is 1.73. The van der Waals surface area contributed by atoms with Crippen LogP contribution in [0.1, 0.15) is 12.8 Å². The van der Waals surface area contributed by atoms with Crippen LogP contribution in [0, 0.1) is 0 Å². The van der Waals surface area contributed by atoms with Crippen LogP contribution >= 0.6 is 23.2 Å². The number of ether oxygens (including phenoxy) is 1. The Morgan fingerprint density at radius 1 is 1.04 bits per heavy atom. The lowest BCUT2D eigenvalue weighted by atomic mass is 10.2. The summed E-state index contributed by atoms with van der Waals surface area (Å²) in [6.07, 6.45) is 2.22. The fourth-order valence-corrected chi connectivity index (χ4v) is 3.84. The third kappa shape index (κ3) is 5.37. The quantitative estimate of drug-likeness (QED) is 0.480. The van der Waals surface area contributed by atoms with Gasteiger partial charge >= 0.3 is 0 Å². The molecule has 0 aromatic heterocycles. The number of nitrogen functional groups attached to an aromatic ring is 1. The van der Waals surface area contributed by atoms with Crippen molar-refractivity contribution in [2.45, 2.75) is 12.8 Å². The van der Waals surface area contributed by atoms with E-state index in [0.717, 1.165) is 63.5 Å². The second-order valence-corrected chi connectivity index (χ2v) is 7.80. The van der Waals surface area contributed by atoms with Crippen molar-refractivity contribution >= 4 is 40.3 Å². The van der Waals surface area contributed by atoms with Gasteiger partial charge in [-0.3, -0.25) is 4.90 Å². The number of nitrogens with two attached hydrogens (primary N) is 1. The highest BCUT2D eigenvalue weighted by Gasteiger charge is 2.19. The number of nitrogens with one attached hydrogen (secondary N) is 1. The molecule has 28 heavy (non-hydrogen) atoms. The second-order valence-electron chi connectivity index (χ2n) is 6.99. The van der Waals surface area contributed by atoms with Gasteiger partial charge in [0.25, 0.3) is 0 Å². The number of para-hydroxylation sites is 2. The Bertz CT molecular complexity index is 779. The molecule has 7 heteroatoms. The monoisotopic (exact) mass is 422 g/mol. The average molecular weight is 423 g/mol. The van der Waals surface area contributed by atoms with E-state index in [2.05, 4.69) is 27.2 Å². The Labute approximate surface area is 177 Å². The van der Waals surface area contributed by atoms with Gasteiger partial charge in [0.2, 0.25) is 0 Å². The zero-order valence-corrected chi connectivity index (χ0v) is 17.8. The number of piperazine rings is 1. The smallest absolute Gasteiger partial charge is 0.142 e. The maximum absolute atomic E-state index is 6.06.